The molecule has 1 heterocycles. The van der Waals surface area contributed by atoms with Gasteiger partial charge < -0.3 is 4.98 Å². The smallest absolute Gasteiger partial charge is 0.350 e. The lowest BCUT2D eigenvalue weighted by Gasteiger charge is -2.03. The highest BCUT2D eigenvalue weighted by molar-refractivity contribution is 9.10. The van der Waals surface area contributed by atoms with Crippen molar-refractivity contribution in [2.24, 2.45) is 0 Å². The zero-order valence-electron chi connectivity index (χ0n) is 7.73. The SMILES string of the molecule is O=Cc1c(C(F)(F)F)[nH]c2cc(Br)ccc12. The molecule has 0 amide bonds. The molecule has 1 aromatic heterocycles. The molecule has 2 aromatic rings. The Labute approximate surface area is 96.6 Å². The van der Waals surface area contributed by atoms with Crippen LogP contribution in [0.1, 0.15) is 16.1 Å². The number of aromatic nitrogens is 1. The quantitative estimate of drug-likeness (QED) is 0.797. The van der Waals surface area contributed by atoms with Gasteiger partial charge in [-0.15, -0.1) is 0 Å². The lowest BCUT2D eigenvalue weighted by Crippen LogP contribution is -2.08. The number of hydrogen-bond donors (Lipinski definition) is 1. The third kappa shape index (κ3) is 1.73. The van der Waals surface area contributed by atoms with E-state index in [2.05, 4.69) is 20.9 Å². The van der Waals surface area contributed by atoms with Crippen molar-refractivity contribution in [3.63, 3.8) is 0 Å². The predicted molar refractivity (Wildman–Crippen MR) is 56.4 cm³/mol. The molecule has 0 saturated heterocycles. The molecule has 2 nitrogen and oxygen atoms in total. The molecule has 0 spiro atoms. The van der Waals surface area contributed by atoms with Crippen LogP contribution in [0.2, 0.25) is 0 Å². The van der Waals surface area contributed by atoms with Gasteiger partial charge in [-0.2, -0.15) is 13.2 Å². The number of hydrogen-bond acceptors (Lipinski definition) is 1. The van der Waals surface area contributed by atoms with Crippen LogP contribution in [-0.2, 0) is 6.18 Å². The third-order valence-corrected chi connectivity index (χ3v) is 2.70. The molecule has 16 heavy (non-hydrogen) atoms. The molecule has 0 atom stereocenters. The average Bonchev–Trinajstić information content (AvgIpc) is 2.54. The zero-order valence-corrected chi connectivity index (χ0v) is 9.32. The van der Waals surface area contributed by atoms with Gasteiger partial charge in [-0.1, -0.05) is 22.0 Å². The second kappa shape index (κ2) is 3.62. The lowest BCUT2D eigenvalue weighted by atomic mass is 10.1. The number of aldehydes is 1. The summed E-state index contributed by atoms with van der Waals surface area (Å²) in [5.74, 6) is 0. The Morgan fingerprint density at radius 2 is 2.00 bits per heavy atom. The Morgan fingerprint density at radius 3 is 2.56 bits per heavy atom. The van der Waals surface area contributed by atoms with Crippen LogP contribution in [0, 0.1) is 0 Å². The molecule has 1 N–H and O–H groups in total. The predicted octanol–water partition coefficient (Wildman–Crippen LogP) is 3.76. The fourth-order valence-corrected chi connectivity index (χ4v) is 1.90. The van der Waals surface area contributed by atoms with Crippen LogP contribution in [0.25, 0.3) is 10.9 Å². The maximum atomic E-state index is 12.6. The van der Waals surface area contributed by atoms with Gasteiger partial charge >= 0.3 is 6.18 Å². The van der Waals surface area contributed by atoms with Crippen molar-refractivity contribution in [2.45, 2.75) is 6.18 Å². The Balaban J connectivity index is 2.81. The molecule has 0 saturated carbocycles. The average molecular weight is 292 g/mol. The van der Waals surface area contributed by atoms with Crippen LogP contribution < -0.4 is 0 Å². The van der Waals surface area contributed by atoms with Crippen LogP contribution in [0.4, 0.5) is 13.2 Å². The van der Waals surface area contributed by atoms with Gasteiger partial charge in [0, 0.05) is 15.4 Å². The normalized spacial score (nSPS) is 12.0. The molecule has 84 valence electrons. The molecule has 2 rings (SSSR count). The number of fused-ring (bicyclic) bond motifs is 1. The molecule has 1 aromatic carbocycles. The summed E-state index contributed by atoms with van der Waals surface area (Å²) in [5.41, 5.74) is -1.07. The van der Waals surface area contributed by atoms with Gasteiger partial charge in [0.15, 0.2) is 6.29 Å². The van der Waals surface area contributed by atoms with Crippen LogP contribution >= 0.6 is 15.9 Å². The number of rotatable bonds is 1. The number of halogens is 4. The number of nitrogens with one attached hydrogen (secondary N) is 1. The molecular weight excluding hydrogens is 287 g/mol. The second-order valence-electron chi connectivity index (χ2n) is 3.22. The van der Waals surface area contributed by atoms with E-state index in [1.54, 1.807) is 6.07 Å². The van der Waals surface area contributed by atoms with Gasteiger partial charge in [0.05, 0.1) is 5.56 Å². The molecule has 0 bridgehead atoms. The van der Waals surface area contributed by atoms with Crippen molar-refractivity contribution in [2.75, 3.05) is 0 Å². The summed E-state index contributed by atoms with van der Waals surface area (Å²) in [7, 11) is 0. The molecule has 0 radical (unpaired) electrons. The van der Waals surface area contributed by atoms with E-state index in [4.69, 9.17) is 0 Å². The van der Waals surface area contributed by atoms with E-state index >= 15 is 0 Å². The molecule has 0 unspecified atom stereocenters. The van der Waals surface area contributed by atoms with Crippen molar-refractivity contribution in [1.82, 2.24) is 4.98 Å². The molecule has 0 aliphatic rings. The van der Waals surface area contributed by atoms with E-state index in [1.165, 1.54) is 12.1 Å². The topological polar surface area (TPSA) is 32.9 Å². The highest BCUT2D eigenvalue weighted by atomic mass is 79.9. The first kappa shape index (κ1) is 11.2. The highest BCUT2D eigenvalue weighted by Crippen LogP contribution is 2.35. The molecule has 0 aliphatic heterocycles. The summed E-state index contributed by atoms with van der Waals surface area (Å²) >= 11 is 3.15. The molecule has 6 heteroatoms. The first-order valence-electron chi connectivity index (χ1n) is 4.27. The van der Waals surface area contributed by atoms with Gasteiger partial charge in [0.25, 0.3) is 0 Å². The minimum Gasteiger partial charge on any atom is -0.350 e. The van der Waals surface area contributed by atoms with Gasteiger partial charge in [-0.25, -0.2) is 0 Å². The van der Waals surface area contributed by atoms with E-state index in [9.17, 15) is 18.0 Å². The van der Waals surface area contributed by atoms with E-state index in [0.717, 1.165) is 0 Å². The van der Waals surface area contributed by atoms with Crippen LogP contribution in [0.3, 0.4) is 0 Å². The van der Waals surface area contributed by atoms with Crippen LogP contribution in [0.5, 0.6) is 0 Å². The standard InChI is InChI=1S/C10H5BrF3NO/c11-5-1-2-6-7(4-16)9(10(12,13)14)15-8(6)3-5/h1-4,15H. The van der Waals surface area contributed by atoms with E-state index < -0.39 is 11.9 Å². The van der Waals surface area contributed by atoms with Gasteiger partial charge in [-0.05, 0) is 12.1 Å². The Kier molecular flexibility index (Phi) is 2.53. The molecule has 0 aliphatic carbocycles. The van der Waals surface area contributed by atoms with Crippen LogP contribution in [0.15, 0.2) is 22.7 Å². The van der Waals surface area contributed by atoms with Crippen molar-refractivity contribution >= 4 is 33.1 Å². The van der Waals surface area contributed by atoms with Gasteiger partial charge in [0.2, 0.25) is 0 Å². The fraction of sp³-hybridized carbons (Fsp3) is 0.100. The number of aromatic amines is 1. The van der Waals surface area contributed by atoms with Crippen molar-refractivity contribution < 1.29 is 18.0 Å². The lowest BCUT2D eigenvalue weighted by molar-refractivity contribution is -0.140. The van der Waals surface area contributed by atoms with E-state index in [0.29, 0.717) is 4.47 Å². The monoisotopic (exact) mass is 291 g/mol. The summed E-state index contributed by atoms with van der Waals surface area (Å²) in [4.78, 5) is 12.9. The summed E-state index contributed by atoms with van der Waals surface area (Å²) in [6.45, 7) is 0. The summed E-state index contributed by atoms with van der Waals surface area (Å²) in [5, 5.41) is 0.269. The van der Waals surface area contributed by atoms with Crippen molar-refractivity contribution in [3.05, 3.63) is 33.9 Å². The summed E-state index contributed by atoms with van der Waals surface area (Å²) in [6.07, 6.45) is -4.34. The number of benzene rings is 1. The van der Waals surface area contributed by atoms with E-state index in [-0.39, 0.29) is 22.8 Å². The minimum atomic E-state index is -4.55. The summed E-state index contributed by atoms with van der Waals surface area (Å²) < 4.78 is 38.4. The third-order valence-electron chi connectivity index (χ3n) is 2.20. The molecule has 0 fully saturated rings. The first-order valence-corrected chi connectivity index (χ1v) is 5.06. The van der Waals surface area contributed by atoms with Gasteiger partial charge in [-0.3, -0.25) is 4.79 Å². The largest absolute Gasteiger partial charge is 0.431 e. The number of carbonyl (C=O) groups is 1. The zero-order chi connectivity index (χ0) is 11.9. The minimum absolute atomic E-state index is 0.218. The van der Waals surface area contributed by atoms with E-state index in [1.807, 2.05) is 0 Å². The highest BCUT2D eigenvalue weighted by Gasteiger charge is 2.36. The van der Waals surface area contributed by atoms with Crippen molar-refractivity contribution in [1.29, 1.82) is 0 Å². The maximum Gasteiger partial charge on any atom is 0.431 e. The number of alkyl halides is 3. The first-order chi connectivity index (χ1) is 7.43. The fourth-order valence-electron chi connectivity index (χ4n) is 1.54. The Hall–Kier alpha value is -1.30. The Morgan fingerprint density at radius 1 is 1.31 bits per heavy atom. The van der Waals surface area contributed by atoms with Crippen molar-refractivity contribution in [3.8, 4) is 0 Å². The second-order valence-corrected chi connectivity index (χ2v) is 4.13. The molecular formula is C10H5BrF3NO. The Bertz CT molecular complexity index is 559. The van der Waals surface area contributed by atoms with Crippen LogP contribution in [-0.4, -0.2) is 11.3 Å². The maximum absolute atomic E-state index is 12.6. The number of carbonyl (C=O) groups excluding carboxylic acids is 1. The number of H-pyrrole nitrogens is 1. The summed E-state index contributed by atoms with van der Waals surface area (Å²) in [6, 6.07) is 4.55. The van der Waals surface area contributed by atoms with Gasteiger partial charge in [0.1, 0.15) is 5.69 Å².